The Morgan fingerprint density at radius 3 is 2.26 bits per heavy atom. The van der Waals surface area contributed by atoms with E-state index in [1.165, 1.54) is 7.11 Å². The van der Waals surface area contributed by atoms with Gasteiger partial charge in [-0.05, 0) is 74.9 Å². The van der Waals surface area contributed by atoms with Crippen LogP contribution in [0.4, 0.5) is 4.79 Å². The van der Waals surface area contributed by atoms with E-state index in [1.807, 2.05) is 30.3 Å². The van der Waals surface area contributed by atoms with Gasteiger partial charge < -0.3 is 30.2 Å². The van der Waals surface area contributed by atoms with Crippen LogP contribution in [0.5, 0.6) is 11.5 Å². The van der Waals surface area contributed by atoms with Crippen molar-refractivity contribution in [1.82, 2.24) is 16.0 Å². The molecular weight excluding hydrogens is 538 g/mol. The molecule has 0 radical (unpaired) electrons. The molecule has 0 saturated heterocycles. The summed E-state index contributed by atoms with van der Waals surface area (Å²) in [7, 11) is 1.27. The van der Waals surface area contributed by atoms with Gasteiger partial charge in [0.2, 0.25) is 11.8 Å². The number of carbonyl (C=O) groups excluding carboxylic acids is 4. The Kier molecular flexibility index (Phi) is 10.1. The standard InChI is InChI=1S/C32H41N3O7/c1-32(2,3)42-31(39)34-25-18-20-13-15-23(16-14-20)41-24-12-8-9-21(17-24)19-26(30(38)40-4)33-29(37)27(35-28(25)36)22-10-6-5-7-11-22/h8-9,12-17,22,25-27H,5-7,10-11,18-19H2,1-4H3,(H,33,37)(H,34,39)(H,35,36)/t25?,26?,27-/m0/s1. The summed E-state index contributed by atoms with van der Waals surface area (Å²) in [5.41, 5.74) is 0.783. The Hall–Kier alpha value is -4.08. The van der Waals surface area contributed by atoms with Gasteiger partial charge in [0.15, 0.2) is 0 Å². The number of methoxy groups -OCH3 is 1. The van der Waals surface area contributed by atoms with Crippen molar-refractivity contribution in [3.8, 4) is 11.5 Å². The van der Waals surface area contributed by atoms with Crippen LogP contribution in [-0.4, -0.2) is 54.7 Å². The maximum Gasteiger partial charge on any atom is 0.408 e. The van der Waals surface area contributed by atoms with Gasteiger partial charge >= 0.3 is 12.1 Å². The fourth-order valence-corrected chi connectivity index (χ4v) is 5.41. The van der Waals surface area contributed by atoms with Gasteiger partial charge in [0, 0.05) is 12.8 Å². The molecule has 5 rings (SSSR count). The van der Waals surface area contributed by atoms with Crippen molar-refractivity contribution < 1.29 is 33.4 Å². The SMILES string of the molecule is COC(=O)C1Cc2cccc(c2)Oc2ccc(cc2)CC(NC(=O)OC(C)(C)C)C(=O)N[C@@H](C2CCCCC2)C(=O)N1. The van der Waals surface area contributed by atoms with Gasteiger partial charge in [0.05, 0.1) is 7.11 Å². The molecule has 10 nitrogen and oxygen atoms in total. The lowest BCUT2D eigenvalue weighted by atomic mass is 9.83. The highest BCUT2D eigenvalue weighted by molar-refractivity contribution is 5.93. The number of benzene rings is 2. The zero-order valence-corrected chi connectivity index (χ0v) is 24.7. The number of amides is 3. The van der Waals surface area contributed by atoms with Gasteiger partial charge in [-0.3, -0.25) is 9.59 Å². The summed E-state index contributed by atoms with van der Waals surface area (Å²) in [4.78, 5) is 53.1. The van der Waals surface area contributed by atoms with Crippen LogP contribution in [0.15, 0.2) is 48.5 Å². The summed E-state index contributed by atoms with van der Waals surface area (Å²) >= 11 is 0. The highest BCUT2D eigenvalue weighted by Gasteiger charge is 2.36. The third-order valence-electron chi connectivity index (χ3n) is 7.45. The molecule has 2 aromatic rings. The average Bonchev–Trinajstić information content (AvgIpc) is 2.95. The fourth-order valence-electron chi connectivity index (χ4n) is 5.41. The van der Waals surface area contributed by atoms with E-state index in [0.29, 0.717) is 11.5 Å². The summed E-state index contributed by atoms with van der Waals surface area (Å²) in [6.45, 7) is 5.22. The maximum absolute atomic E-state index is 13.8. The zero-order valence-electron chi connectivity index (χ0n) is 24.7. The van der Waals surface area contributed by atoms with Gasteiger partial charge in [0.1, 0.15) is 35.2 Å². The summed E-state index contributed by atoms with van der Waals surface area (Å²) in [6.07, 6.45) is 4.02. The maximum atomic E-state index is 13.8. The molecule has 10 heteroatoms. The number of nitrogens with one attached hydrogen (secondary N) is 3. The molecule has 3 aliphatic rings. The smallest absolute Gasteiger partial charge is 0.408 e. The second-order valence-electron chi connectivity index (χ2n) is 12.0. The predicted molar refractivity (Wildman–Crippen MR) is 156 cm³/mol. The van der Waals surface area contributed by atoms with E-state index < -0.39 is 47.6 Å². The number of ether oxygens (including phenoxy) is 3. The Morgan fingerprint density at radius 2 is 1.60 bits per heavy atom. The van der Waals surface area contributed by atoms with Crippen molar-refractivity contribution in [2.45, 2.75) is 89.4 Å². The van der Waals surface area contributed by atoms with E-state index in [9.17, 15) is 19.2 Å². The van der Waals surface area contributed by atoms with E-state index in [2.05, 4.69) is 16.0 Å². The van der Waals surface area contributed by atoms with E-state index in [1.54, 1.807) is 39.0 Å². The van der Waals surface area contributed by atoms with Crippen LogP contribution in [0.2, 0.25) is 0 Å². The summed E-state index contributed by atoms with van der Waals surface area (Å²) in [5, 5.41) is 8.46. The molecule has 226 valence electrons. The minimum Gasteiger partial charge on any atom is -0.467 e. The van der Waals surface area contributed by atoms with E-state index in [4.69, 9.17) is 14.2 Å². The Bertz CT molecular complexity index is 1270. The van der Waals surface area contributed by atoms with Gasteiger partial charge in [-0.1, -0.05) is 43.5 Å². The van der Waals surface area contributed by atoms with Crippen molar-refractivity contribution in [3.63, 3.8) is 0 Å². The first-order valence-corrected chi connectivity index (χ1v) is 14.5. The number of carbonyl (C=O) groups is 4. The van der Waals surface area contributed by atoms with Crippen LogP contribution in [0.1, 0.15) is 64.0 Å². The van der Waals surface area contributed by atoms with Crippen LogP contribution in [-0.2, 0) is 36.7 Å². The first-order valence-electron chi connectivity index (χ1n) is 14.5. The lowest BCUT2D eigenvalue weighted by molar-refractivity contribution is -0.145. The molecule has 0 aromatic heterocycles. The highest BCUT2D eigenvalue weighted by atomic mass is 16.6. The van der Waals surface area contributed by atoms with Gasteiger partial charge in [-0.2, -0.15) is 0 Å². The Balaban J connectivity index is 1.71. The lowest BCUT2D eigenvalue weighted by Crippen LogP contribution is -2.59. The number of esters is 1. The van der Waals surface area contributed by atoms with Gasteiger partial charge in [0.25, 0.3) is 0 Å². The number of hydrogen-bond acceptors (Lipinski definition) is 7. The minimum absolute atomic E-state index is 0.124. The Labute approximate surface area is 246 Å². The molecular formula is C32H41N3O7. The molecule has 1 saturated carbocycles. The monoisotopic (exact) mass is 579 g/mol. The number of alkyl carbamates (subject to hydrolysis) is 1. The number of fused-ring (bicyclic) bond motifs is 10. The second-order valence-corrected chi connectivity index (χ2v) is 12.0. The molecule has 3 amide bonds. The van der Waals surface area contributed by atoms with Gasteiger partial charge in [-0.15, -0.1) is 0 Å². The summed E-state index contributed by atoms with van der Waals surface area (Å²) < 4.78 is 16.5. The van der Waals surface area contributed by atoms with E-state index >= 15 is 0 Å². The normalized spacial score (nSPS) is 22.1. The predicted octanol–water partition coefficient (Wildman–Crippen LogP) is 4.19. The molecule has 3 N–H and O–H groups in total. The number of rotatable bonds is 3. The summed E-state index contributed by atoms with van der Waals surface area (Å²) in [5.74, 6) is -0.556. The molecule has 2 aromatic carbocycles. The Morgan fingerprint density at radius 1 is 0.881 bits per heavy atom. The quantitative estimate of drug-likeness (QED) is 0.465. The molecule has 0 spiro atoms. The first-order chi connectivity index (χ1) is 20.0. The van der Waals surface area contributed by atoms with Crippen LogP contribution in [0, 0.1) is 5.92 Å². The minimum atomic E-state index is -1.02. The van der Waals surface area contributed by atoms with E-state index in [-0.39, 0.29) is 18.8 Å². The summed E-state index contributed by atoms with van der Waals surface area (Å²) in [6, 6.07) is 11.6. The topological polar surface area (TPSA) is 132 Å². The molecule has 1 fully saturated rings. The molecule has 2 heterocycles. The van der Waals surface area contributed by atoms with Crippen LogP contribution >= 0.6 is 0 Å². The molecule has 2 unspecified atom stereocenters. The molecule has 2 aliphatic heterocycles. The van der Waals surface area contributed by atoms with Gasteiger partial charge in [-0.25, -0.2) is 9.59 Å². The van der Waals surface area contributed by atoms with Crippen molar-refractivity contribution in [1.29, 1.82) is 0 Å². The van der Waals surface area contributed by atoms with Crippen molar-refractivity contribution >= 4 is 23.9 Å². The second kappa shape index (κ2) is 13.7. The third-order valence-corrected chi connectivity index (χ3v) is 7.45. The van der Waals surface area contributed by atoms with Crippen molar-refractivity contribution in [2.24, 2.45) is 5.92 Å². The fraction of sp³-hybridized carbons (Fsp3) is 0.500. The van der Waals surface area contributed by atoms with Crippen LogP contribution in [0.3, 0.4) is 0 Å². The largest absolute Gasteiger partial charge is 0.467 e. The molecule has 1 aliphatic carbocycles. The number of hydrogen-bond donors (Lipinski definition) is 3. The zero-order chi connectivity index (χ0) is 30.3. The molecule has 3 atom stereocenters. The van der Waals surface area contributed by atoms with E-state index in [0.717, 1.165) is 43.2 Å². The molecule has 4 bridgehead atoms. The first kappa shape index (κ1) is 30.9. The molecule has 42 heavy (non-hydrogen) atoms. The lowest BCUT2D eigenvalue weighted by Gasteiger charge is -2.32. The van der Waals surface area contributed by atoms with Crippen molar-refractivity contribution in [3.05, 3.63) is 59.7 Å². The highest BCUT2D eigenvalue weighted by Crippen LogP contribution is 2.28. The van der Waals surface area contributed by atoms with Crippen molar-refractivity contribution in [2.75, 3.05) is 7.11 Å². The average molecular weight is 580 g/mol. The van der Waals surface area contributed by atoms with Crippen LogP contribution in [0.25, 0.3) is 0 Å². The van der Waals surface area contributed by atoms with Crippen LogP contribution < -0.4 is 20.7 Å². The third kappa shape index (κ3) is 8.71.